The molecule has 1 saturated heterocycles. The lowest BCUT2D eigenvalue weighted by atomic mass is 10.0. The summed E-state index contributed by atoms with van der Waals surface area (Å²) in [5, 5.41) is 3.60. The fourth-order valence-electron chi connectivity index (χ4n) is 3.29. The molecule has 2 aliphatic rings. The molecule has 1 heterocycles. The molecule has 0 atom stereocenters. The van der Waals surface area contributed by atoms with Gasteiger partial charge in [-0.2, -0.15) is 0 Å². The van der Waals surface area contributed by atoms with Crippen LogP contribution < -0.4 is 5.32 Å². The monoisotopic (exact) mass is 281 g/mol. The third-order valence-corrected chi connectivity index (χ3v) is 5.08. The van der Waals surface area contributed by atoms with Gasteiger partial charge in [-0.05, 0) is 78.3 Å². The van der Waals surface area contributed by atoms with Gasteiger partial charge in [0, 0.05) is 12.1 Å². The maximum Gasteiger partial charge on any atom is 0.0117 e. The Bertz CT molecular complexity index is 245. The van der Waals surface area contributed by atoms with Gasteiger partial charge in [0.1, 0.15) is 0 Å². The molecule has 2 rings (SSSR count). The molecule has 0 unspecified atom stereocenters. The molecule has 1 aliphatic carbocycles. The Hall–Kier alpha value is -0.120. The van der Waals surface area contributed by atoms with Crippen LogP contribution in [0, 0.1) is 0 Å². The highest BCUT2D eigenvalue weighted by atomic mass is 15.2. The lowest BCUT2D eigenvalue weighted by Crippen LogP contribution is -2.43. The van der Waals surface area contributed by atoms with Crippen molar-refractivity contribution in [2.75, 3.05) is 39.8 Å². The standard InChI is InChI=1S/C17H35N3/c1-3-20-14-10-17(11-15-20)19(2)13-7-5-4-6-12-18-16-8-9-16/h16-18H,3-15H2,1-2H3. The number of rotatable bonds is 10. The van der Waals surface area contributed by atoms with Gasteiger partial charge in [-0.25, -0.2) is 0 Å². The molecular formula is C17H35N3. The first-order valence-electron chi connectivity index (χ1n) is 8.95. The molecule has 0 radical (unpaired) electrons. The minimum Gasteiger partial charge on any atom is -0.314 e. The Labute approximate surface area is 126 Å². The van der Waals surface area contributed by atoms with Gasteiger partial charge in [0.05, 0.1) is 0 Å². The Morgan fingerprint density at radius 3 is 2.35 bits per heavy atom. The van der Waals surface area contributed by atoms with Crippen LogP contribution in [-0.4, -0.2) is 61.7 Å². The number of nitrogens with one attached hydrogen (secondary N) is 1. The van der Waals surface area contributed by atoms with Crippen LogP contribution in [0.25, 0.3) is 0 Å². The number of likely N-dealkylation sites (tertiary alicyclic amines) is 1. The molecule has 0 aromatic heterocycles. The van der Waals surface area contributed by atoms with E-state index in [1.807, 2.05) is 0 Å². The van der Waals surface area contributed by atoms with Crippen LogP contribution in [0.4, 0.5) is 0 Å². The van der Waals surface area contributed by atoms with Crippen molar-refractivity contribution >= 4 is 0 Å². The second-order valence-electron chi connectivity index (χ2n) is 6.79. The van der Waals surface area contributed by atoms with Crippen molar-refractivity contribution in [3.8, 4) is 0 Å². The largest absolute Gasteiger partial charge is 0.314 e. The van der Waals surface area contributed by atoms with Crippen LogP contribution in [0.2, 0.25) is 0 Å². The van der Waals surface area contributed by atoms with Crippen molar-refractivity contribution in [2.24, 2.45) is 0 Å². The van der Waals surface area contributed by atoms with E-state index in [9.17, 15) is 0 Å². The average Bonchev–Trinajstić information content (AvgIpc) is 3.30. The van der Waals surface area contributed by atoms with Gasteiger partial charge in [-0.15, -0.1) is 0 Å². The fraction of sp³-hybridized carbons (Fsp3) is 1.00. The summed E-state index contributed by atoms with van der Waals surface area (Å²) in [5.74, 6) is 0. The van der Waals surface area contributed by atoms with E-state index in [2.05, 4.69) is 29.1 Å². The summed E-state index contributed by atoms with van der Waals surface area (Å²) >= 11 is 0. The minimum atomic E-state index is 0.842. The van der Waals surface area contributed by atoms with Gasteiger partial charge < -0.3 is 15.1 Å². The van der Waals surface area contributed by atoms with Crippen molar-refractivity contribution in [1.29, 1.82) is 0 Å². The summed E-state index contributed by atoms with van der Waals surface area (Å²) in [7, 11) is 2.33. The molecule has 0 bridgehead atoms. The van der Waals surface area contributed by atoms with Crippen LogP contribution in [0.5, 0.6) is 0 Å². The Balaban J connectivity index is 1.42. The predicted octanol–water partition coefficient (Wildman–Crippen LogP) is 2.71. The number of nitrogens with zero attached hydrogens (tertiary/aromatic N) is 2. The third kappa shape index (κ3) is 6.11. The summed E-state index contributed by atoms with van der Waals surface area (Å²) in [6, 6.07) is 1.73. The molecule has 1 N–H and O–H groups in total. The number of unbranched alkanes of at least 4 members (excludes halogenated alkanes) is 3. The van der Waals surface area contributed by atoms with Crippen molar-refractivity contribution in [3.63, 3.8) is 0 Å². The van der Waals surface area contributed by atoms with E-state index in [-0.39, 0.29) is 0 Å². The fourth-order valence-corrected chi connectivity index (χ4v) is 3.29. The molecule has 3 nitrogen and oxygen atoms in total. The normalized spacial score (nSPS) is 21.8. The molecule has 118 valence electrons. The topological polar surface area (TPSA) is 18.5 Å². The highest BCUT2D eigenvalue weighted by Gasteiger charge is 2.21. The summed E-state index contributed by atoms with van der Waals surface area (Å²) in [4.78, 5) is 5.20. The average molecular weight is 281 g/mol. The lowest BCUT2D eigenvalue weighted by molar-refractivity contribution is 0.130. The van der Waals surface area contributed by atoms with Crippen LogP contribution in [0.3, 0.4) is 0 Å². The van der Waals surface area contributed by atoms with Crippen LogP contribution in [0.1, 0.15) is 58.3 Å². The van der Waals surface area contributed by atoms with Gasteiger partial charge in [0.2, 0.25) is 0 Å². The first-order chi connectivity index (χ1) is 9.79. The van der Waals surface area contributed by atoms with Crippen molar-refractivity contribution < 1.29 is 0 Å². The predicted molar refractivity (Wildman–Crippen MR) is 87.3 cm³/mol. The lowest BCUT2D eigenvalue weighted by Gasteiger charge is -2.36. The molecule has 0 spiro atoms. The Morgan fingerprint density at radius 2 is 1.70 bits per heavy atom. The summed E-state index contributed by atoms with van der Waals surface area (Å²) in [6.07, 6.45) is 11.1. The smallest absolute Gasteiger partial charge is 0.0117 e. The molecule has 1 aliphatic heterocycles. The van der Waals surface area contributed by atoms with Gasteiger partial charge in [0.15, 0.2) is 0 Å². The molecule has 3 heteroatoms. The SMILES string of the molecule is CCN1CCC(N(C)CCCCCCNC2CC2)CC1. The van der Waals surface area contributed by atoms with Crippen LogP contribution in [-0.2, 0) is 0 Å². The number of hydrogen-bond donors (Lipinski definition) is 1. The van der Waals surface area contributed by atoms with E-state index < -0.39 is 0 Å². The zero-order valence-corrected chi connectivity index (χ0v) is 13.7. The Morgan fingerprint density at radius 1 is 1.00 bits per heavy atom. The first-order valence-corrected chi connectivity index (χ1v) is 8.95. The zero-order chi connectivity index (χ0) is 14.2. The molecule has 0 aromatic rings. The molecule has 2 fully saturated rings. The van der Waals surface area contributed by atoms with Gasteiger partial charge in [-0.1, -0.05) is 19.8 Å². The van der Waals surface area contributed by atoms with Crippen LogP contribution >= 0.6 is 0 Å². The summed E-state index contributed by atoms with van der Waals surface area (Å²) in [5.41, 5.74) is 0. The highest BCUT2D eigenvalue weighted by molar-refractivity contribution is 4.80. The second kappa shape index (κ2) is 9.01. The molecular weight excluding hydrogens is 246 g/mol. The van der Waals surface area contributed by atoms with E-state index >= 15 is 0 Å². The van der Waals surface area contributed by atoms with Crippen LogP contribution in [0.15, 0.2) is 0 Å². The van der Waals surface area contributed by atoms with Crippen molar-refractivity contribution in [1.82, 2.24) is 15.1 Å². The number of hydrogen-bond acceptors (Lipinski definition) is 3. The quantitative estimate of drug-likeness (QED) is 0.621. The first kappa shape index (κ1) is 16.3. The summed E-state index contributed by atoms with van der Waals surface area (Å²) < 4.78 is 0. The minimum absolute atomic E-state index is 0.842. The Kier molecular flexibility index (Phi) is 7.32. The maximum atomic E-state index is 3.60. The summed E-state index contributed by atoms with van der Waals surface area (Å²) in [6.45, 7) is 8.66. The zero-order valence-electron chi connectivity index (χ0n) is 13.7. The molecule has 0 aromatic carbocycles. The second-order valence-corrected chi connectivity index (χ2v) is 6.79. The van der Waals surface area contributed by atoms with E-state index in [1.165, 1.54) is 84.1 Å². The maximum absolute atomic E-state index is 3.60. The molecule has 1 saturated carbocycles. The third-order valence-electron chi connectivity index (χ3n) is 5.08. The molecule has 0 amide bonds. The van der Waals surface area contributed by atoms with E-state index in [1.54, 1.807) is 0 Å². The van der Waals surface area contributed by atoms with Crippen molar-refractivity contribution in [3.05, 3.63) is 0 Å². The number of piperidine rings is 1. The van der Waals surface area contributed by atoms with E-state index in [4.69, 9.17) is 0 Å². The van der Waals surface area contributed by atoms with Crippen molar-refractivity contribution in [2.45, 2.75) is 70.4 Å². The molecule has 20 heavy (non-hydrogen) atoms. The van der Waals surface area contributed by atoms with Gasteiger partial charge in [0.25, 0.3) is 0 Å². The van der Waals surface area contributed by atoms with Gasteiger partial charge in [-0.3, -0.25) is 0 Å². The van der Waals surface area contributed by atoms with Gasteiger partial charge >= 0.3 is 0 Å². The highest BCUT2D eigenvalue weighted by Crippen LogP contribution is 2.18. The van der Waals surface area contributed by atoms with E-state index in [0.29, 0.717) is 0 Å². The van der Waals surface area contributed by atoms with E-state index in [0.717, 1.165) is 12.1 Å².